The van der Waals surface area contributed by atoms with Crippen LogP contribution < -0.4 is 15.4 Å². The molecular formula is C28H31F3N4O3S2. The molecule has 0 unspecified atom stereocenters. The summed E-state index contributed by atoms with van der Waals surface area (Å²) in [6.07, 6.45) is 0.625. The number of rotatable bonds is 6. The van der Waals surface area contributed by atoms with Crippen molar-refractivity contribution in [1.29, 1.82) is 0 Å². The molecule has 1 aromatic carbocycles. The molecule has 7 nitrogen and oxygen atoms in total. The topological polar surface area (TPSA) is 75.1 Å². The van der Waals surface area contributed by atoms with Gasteiger partial charge in [-0.1, -0.05) is 11.8 Å². The number of thioether (sulfide) groups is 1. The Labute approximate surface area is 236 Å². The molecular weight excluding hydrogens is 561 g/mol. The van der Waals surface area contributed by atoms with Gasteiger partial charge in [-0.15, -0.1) is 0 Å². The van der Waals surface area contributed by atoms with Gasteiger partial charge in [-0.2, -0.15) is 8.78 Å². The maximum absolute atomic E-state index is 14.8. The van der Waals surface area contributed by atoms with Crippen molar-refractivity contribution in [3.05, 3.63) is 47.7 Å². The number of anilines is 2. The first kappa shape index (κ1) is 28.5. The summed E-state index contributed by atoms with van der Waals surface area (Å²) in [5.74, 6) is 6.38. The molecule has 0 radical (unpaired) electrons. The summed E-state index contributed by atoms with van der Waals surface area (Å²) in [4.78, 5) is 2.09. The van der Waals surface area contributed by atoms with Gasteiger partial charge in [0, 0.05) is 37.5 Å². The average Bonchev–Trinajstić information content (AvgIpc) is 3.17. The Hall–Kier alpha value is -3.01. The van der Waals surface area contributed by atoms with E-state index in [0.717, 1.165) is 18.5 Å². The van der Waals surface area contributed by atoms with Crippen LogP contribution in [0.1, 0.15) is 24.1 Å². The van der Waals surface area contributed by atoms with Crippen LogP contribution in [0, 0.1) is 11.8 Å². The number of aromatic nitrogens is 1. The molecule has 0 bridgehead atoms. The van der Waals surface area contributed by atoms with Crippen LogP contribution in [0.5, 0.6) is 5.75 Å². The first-order valence-corrected chi connectivity index (χ1v) is 15.6. The van der Waals surface area contributed by atoms with Gasteiger partial charge in [-0.25, -0.2) is 12.8 Å². The number of sulfone groups is 1. The lowest BCUT2D eigenvalue weighted by Gasteiger charge is -2.33. The van der Waals surface area contributed by atoms with E-state index >= 15 is 0 Å². The molecule has 0 spiro atoms. The average molecular weight is 593 g/mol. The van der Waals surface area contributed by atoms with Crippen molar-refractivity contribution in [1.82, 2.24) is 9.30 Å². The number of piperidine rings is 1. The van der Waals surface area contributed by atoms with Crippen LogP contribution in [0.4, 0.5) is 24.5 Å². The van der Waals surface area contributed by atoms with Gasteiger partial charge in [-0.3, -0.25) is 0 Å². The highest BCUT2D eigenvalue weighted by Gasteiger charge is 2.36. The smallest absolute Gasteiger partial charge is 0.299 e. The molecule has 0 saturated carbocycles. The van der Waals surface area contributed by atoms with E-state index in [4.69, 9.17) is 4.74 Å². The Morgan fingerprint density at radius 3 is 2.70 bits per heavy atom. The van der Waals surface area contributed by atoms with Gasteiger partial charge in [0.2, 0.25) is 0 Å². The fraction of sp³-hybridized carbons (Fsp3) is 0.429. The first-order valence-electron chi connectivity index (χ1n) is 12.9. The van der Waals surface area contributed by atoms with E-state index in [1.165, 1.54) is 19.2 Å². The number of pyridine rings is 1. The minimum Gasteiger partial charge on any atom is -0.495 e. The molecule has 0 aliphatic carbocycles. The van der Waals surface area contributed by atoms with Gasteiger partial charge < -0.3 is 24.7 Å². The van der Waals surface area contributed by atoms with E-state index in [2.05, 4.69) is 22.5 Å². The number of benzene rings is 1. The van der Waals surface area contributed by atoms with Crippen LogP contribution in [-0.2, 0) is 16.3 Å². The number of hydrogen-bond acceptors (Lipinski definition) is 7. The highest BCUT2D eigenvalue weighted by Crippen LogP contribution is 2.45. The molecule has 2 aliphatic rings. The second kappa shape index (κ2) is 11.1. The fourth-order valence-electron chi connectivity index (χ4n) is 5.04. The Kier molecular flexibility index (Phi) is 7.92. The minimum absolute atomic E-state index is 0.133. The minimum atomic E-state index is -3.39. The summed E-state index contributed by atoms with van der Waals surface area (Å²) in [5.41, 5.74) is 3.15. The zero-order valence-electron chi connectivity index (χ0n) is 22.4. The number of hydrogen-bond donors (Lipinski definition) is 2. The van der Waals surface area contributed by atoms with Crippen LogP contribution in [-0.4, -0.2) is 75.2 Å². The van der Waals surface area contributed by atoms with Crippen LogP contribution in [0.15, 0.2) is 46.3 Å². The van der Waals surface area contributed by atoms with E-state index < -0.39 is 21.3 Å². The van der Waals surface area contributed by atoms with Gasteiger partial charge in [0.15, 0.2) is 9.84 Å². The number of halogens is 3. The summed E-state index contributed by atoms with van der Waals surface area (Å²) in [5, 5.41) is 3.83. The maximum Gasteiger partial charge on any atom is 0.299 e. The van der Waals surface area contributed by atoms with Gasteiger partial charge in [0.25, 0.3) is 5.25 Å². The second-order valence-corrected chi connectivity index (χ2v) is 13.4. The van der Waals surface area contributed by atoms with Crippen molar-refractivity contribution < 1.29 is 26.3 Å². The SMILES string of the molecule is COc1cc(S(C)(=O)=O)ccc1NCC#Cc1cc2c(N[C@@H]3CCN(C)C[C@@H]3F)ccc3n2c1SC(F)(F)CC3. The number of ether oxygens (including phenoxy) is 1. The van der Waals surface area contributed by atoms with Crippen molar-refractivity contribution >= 4 is 38.5 Å². The number of methoxy groups -OCH3 is 1. The number of likely N-dealkylation sites (tertiary alicyclic amines) is 1. The Morgan fingerprint density at radius 2 is 1.98 bits per heavy atom. The number of nitrogens with zero attached hydrogens (tertiary/aromatic N) is 2. The molecule has 1 saturated heterocycles. The lowest BCUT2D eigenvalue weighted by Crippen LogP contribution is -2.46. The summed E-state index contributed by atoms with van der Waals surface area (Å²) in [7, 11) is -0.0609. The third kappa shape index (κ3) is 6.01. The van der Waals surface area contributed by atoms with E-state index in [1.807, 2.05) is 28.5 Å². The number of alkyl halides is 3. The first-order chi connectivity index (χ1) is 18.9. The molecule has 2 atom stereocenters. The van der Waals surface area contributed by atoms with E-state index in [-0.39, 0.29) is 30.3 Å². The highest BCUT2D eigenvalue weighted by atomic mass is 32.2. The summed E-state index contributed by atoms with van der Waals surface area (Å²) in [6.45, 7) is 1.27. The maximum atomic E-state index is 14.8. The zero-order chi connectivity index (χ0) is 28.7. The molecule has 1 fully saturated rings. The fourth-order valence-corrected chi connectivity index (χ4v) is 6.69. The number of nitrogens with one attached hydrogen (secondary N) is 2. The highest BCUT2D eigenvalue weighted by molar-refractivity contribution is 8.00. The monoisotopic (exact) mass is 592 g/mol. The van der Waals surface area contributed by atoms with Gasteiger partial charge in [0.05, 0.1) is 47.0 Å². The molecule has 2 N–H and O–H groups in total. The predicted molar refractivity (Wildman–Crippen MR) is 152 cm³/mol. The van der Waals surface area contributed by atoms with E-state index in [1.54, 1.807) is 12.1 Å². The third-order valence-electron chi connectivity index (χ3n) is 7.16. The van der Waals surface area contributed by atoms with Gasteiger partial charge >= 0.3 is 0 Å². The molecule has 214 valence electrons. The number of aryl methyl sites for hydroxylation is 1. The van der Waals surface area contributed by atoms with Crippen molar-refractivity contribution in [2.75, 3.05) is 50.7 Å². The van der Waals surface area contributed by atoms with Crippen LogP contribution >= 0.6 is 11.8 Å². The van der Waals surface area contributed by atoms with Crippen molar-refractivity contribution in [2.45, 2.75) is 46.7 Å². The third-order valence-corrected chi connectivity index (χ3v) is 9.36. The quantitative estimate of drug-likeness (QED) is 0.395. The Bertz CT molecular complexity index is 1600. The molecule has 0 amide bonds. The summed E-state index contributed by atoms with van der Waals surface area (Å²) >= 11 is 0.502. The molecule has 12 heteroatoms. The Morgan fingerprint density at radius 1 is 1.20 bits per heavy atom. The summed E-state index contributed by atoms with van der Waals surface area (Å²) < 4.78 is 75.1. The van der Waals surface area contributed by atoms with Crippen molar-refractivity contribution in [2.24, 2.45) is 0 Å². The standard InChI is InChI=1S/C28H31F3N4O3S2/c1-34-14-11-22(21(29)17-34)33-23-8-6-19-10-12-28(30,31)39-27-18(15-25(23)35(19)27)5-4-13-32-24-9-7-20(40(3,36)37)16-26(24)38-2/h6-9,15-16,21-22,32-33H,10-14,17H2,1-3H3/t21-,22+/m0/s1. The lowest BCUT2D eigenvalue weighted by atomic mass is 10.0. The van der Waals surface area contributed by atoms with E-state index in [0.29, 0.717) is 58.0 Å². The lowest BCUT2D eigenvalue weighted by molar-refractivity contribution is 0.0966. The molecule has 40 heavy (non-hydrogen) atoms. The molecule has 4 heterocycles. The van der Waals surface area contributed by atoms with Crippen LogP contribution in [0.3, 0.4) is 0 Å². The van der Waals surface area contributed by atoms with Crippen LogP contribution in [0.2, 0.25) is 0 Å². The zero-order valence-corrected chi connectivity index (χ0v) is 24.1. The van der Waals surface area contributed by atoms with Gasteiger partial charge in [0.1, 0.15) is 16.9 Å². The second-order valence-electron chi connectivity index (χ2n) is 10.2. The van der Waals surface area contributed by atoms with Gasteiger partial charge in [-0.05, 0) is 62.0 Å². The molecule has 2 aliphatic heterocycles. The van der Waals surface area contributed by atoms with Crippen LogP contribution in [0.25, 0.3) is 5.52 Å². The molecule has 3 aromatic rings. The van der Waals surface area contributed by atoms with Crippen molar-refractivity contribution in [3.63, 3.8) is 0 Å². The largest absolute Gasteiger partial charge is 0.495 e. The van der Waals surface area contributed by atoms with E-state index in [9.17, 15) is 21.6 Å². The summed E-state index contributed by atoms with van der Waals surface area (Å²) in [6, 6.07) is 9.59. The predicted octanol–water partition coefficient (Wildman–Crippen LogP) is 4.90. The molecule has 5 rings (SSSR count). The Balaban J connectivity index is 1.44. The molecule has 2 aromatic heterocycles. The normalized spacial score (nSPS) is 20.9. The van der Waals surface area contributed by atoms with Crippen molar-refractivity contribution in [3.8, 4) is 17.6 Å².